The van der Waals surface area contributed by atoms with E-state index in [0.717, 1.165) is 4.47 Å². The summed E-state index contributed by atoms with van der Waals surface area (Å²) < 4.78 is 1.10. The number of aliphatic hydroxyl groups is 2. The first-order valence-corrected chi connectivity index (χ1v) is 5.67. The van der Waals surface area contributed by atoms with Crippen molar-refractivity contribution in [3.8, 4) is 0 Å². The predicted molar refractivity (Wildman–Crippen MR) is 63.7 cm³/mol. The molecule has 3 nitrogen and oxygen atoms in total. The number of halogens is 1. The van der Waals surface area contributed by atoms with Crippen LogP contribution in [0.25, 0.3) is 0 Å². The van der Waals surface area contributed by atoms with Gasteiger partial charge in [0.1, 0.15) is 0 Å². The molecule has 4 heteroatoms. The van der Waals surface area contributed by atoms with Gasteiger partial charge in [-0.25, -0.2) is 0 Å². The number of nitrogens with one attached hydrogen (secondary N) is 1. The fourth-order valence-corrected chi connectivity index (χ4v) is 1.51. The van der Waals surface area contributed by atoms with E-state index < -0.39 is 6.10 Å². The van der Waals surface area contributed by atoms with E-state index in [0.29, 0.717) is 13.1 Å². The Labute approximate surface area is 98.3 Å². The summed E-state index contributed by atoms with van der Waals surface area (Å²) in [5.74, 6) is 0. The highest BCUT2D eigenvalue weighted by Gasteiger charge is 2.01. The Morgan fingerprint density at radius 2 is 2.20 bits per heavy atom. The SMILES string of the molecule is Cc1cc(CNCC(O)CO)ccc1Br. The number of aryl methyl sites for hydroxylation is 1. The van der Waals surface area contributed by atoms with Crippen LogP contribution >= 0.6 is 15.9 Å². The highest BCUT2D eigenvalue weighted by atomic mass is 79.9. The highest BCUT2D eigenvalue weighted by molar-refractivity contribution is 9.10. The number of hydrogen-bond acceptors (Lipinski definition) is 3. The van der Waals surface area contributed by atoms with Crippen LogP contribution in [-0.2, 0) is 6.54 Å². The monoisotopic (exact) mass is 273 g/mol. The molecular formula is C11H16BrNO2. The zero-order chi connectivity index (χ0) is 11.3. The second kappa shape index (κ2) is 6.23. The summed E-state index contributed by atoms with van der Waals surface area (Å²) in [7, 11) is 0. The van der Waals surface area contributed by atoms with Gasteiger partial charge in [0.25, 0.3) is 0 Å². The summed E-state index contributed by atoms with van der Waals surface area (Å²) in [5, 5.41) is 20.8. The number of hydrogen-bond donors (Lipinski definition) is 3. The second-order valence-electron chi connectivity index (χ2n) is 3.55. The van der Waals surface area contributed by atoms with Crippen molar-refractivity contribution in [2.75, 3.05) is 13.2 Å². The van der Waals surface area contributed by atoms with Crippen molar-refractivity contribution < 1.29 is 10.2 Å². The third-order valence-electron chi connectivity index (χ3n) is 2.14. The summed E-state index contributed by atoms with van der Waals surface area (Å²) in [5.41, 5.74) is 2.36. The zero-order valence-electron chi connectivity index (χ0n) is 8.70. The minimum absolute atomic E-state index is 0.202. The minimum atomic E-state index is -0.679. The number of benzene rings is 1. The Morgan fingerprint density at radius 3 is 2.80 bits per heavy atom. The molecule has 1 rings (SSSR count). The van der Waals surface area contributed by atoms with Gasteiger partial charge < -0.3 is 15.5 Å². The molecule has 15 heavy (non-hydrogen) atoms. The molecule has 0 aliphatic carbocycles. The predicted octanol–water partition coefficient (Wildman–Crippen LogP) is 1.20. The molecule has 0 amide bonds. The van der Waals surface area contributed by atoms with E-state index in [-0.39, 0.29) is 6.61 Å². The summed E-state index contributed by atoms with van der Waals surface area (Å²) in [6, 6.07) is 6.12. The van der Waals surface area contributed by atoms with E-state index in [1.165, 1.54) is 11.1 Å². The Bertz CT molecular complexity index is 317. The number of aliphatic hydroxyl groups excluding tert-OH is 2. The van der Waals surface area contributed by atoms with Crippen LogP contribution in [0.3, 0.4) is 0 Å². The van der Waals surface area contributed by atoms with Gasteiger partial charge in [0.15, 0.2) is 0 Å². The molecule has 0 aliphatic heterocycles. The van der Waals surface area contributed by atoms with Gasteiger partial charge in [-0.2, -0.15) is 0 Å². The van der Waals surface area contributed by atoms with Crippen molar-refractivity contribution >= 4 is 15.9 Å². The molecule has 3 N–H and O–H groups in total. The Kier molecular flexibility index (Phi) is 5.25. The fraction of sp³-hybridized carbons (Fsp3) is 0.455. The molecule has 0 saturated heterocycles. The van der Waals surface area contributed by atoms with Crippen LogP contribution in [0.5, 0.6) is 0 Å². The van der Waals surface area contributed by atoms with Gasteiger partial charge >= 0.3 is 0 Å². The average Bonchev–Trinajstić information content (AvgIpc) is 2.23. The standard InChI is InChI=1S/C11H16BrNO2/c1-8-4-9(2-3-11(8)12)5-13-6-10(15)7-14/h2-4,10,13-15H,5-7H2,1H3. The summed E-state index contributed by atoms with van der Waals surface area (Å²) in [4.78, 5) is 0. The minimum Gasteiger partial charge on any atom is -0.394 e. The first kappa shape index (κ1) is 12.6. The van der Waals surface area contributed by atoms with E-state index in [2.05, 4.69) is 27.3 Å². The van der Waals surface area contributed by atoms with E-state index in [4.69, 9.17) is 10.2 Å². The average molecular weight is 274 g/mol. The van der Waals surface area contributed by atoms with Crippen molar-refractivity contribution in [2.24, 2.45) is 0 Å². The lowest BCUT2D eigenvalue weighted by Gasteiger charge is -2.09. The quantitative estimate of drug-likeness (QED) is 0.756. The zero-order valence-corrected chi connectivity index (χ0v) is 10.3. The summed E-state index contributed by atoms with van der Waals surface area (Å²) in [6.45, 7) is 2.94. The third kappa shape index (κ3) is 4.30. The number of rotatable bonds is 5. The molecular weight excluding hydrogens is 258 g/mol. The molecule has 0 fully saturated rings. The van der Waals surface area contributed by atoms with Crippen molar-refractivity contribution in [3.05, 3.63) is 33.8 Å². The molecule has 1 aromatic carbocycles. The van der Waals surface area contributed by atoms with Crippen molar-refractivity contribution in [1.29, 1.82) is 0 Å². The summed E-state index contributed by atoms with van der Waals surface area (Å²) in [6.07, 6.45) is -0.679. The first-order chi connectivity index (χ1) is 7.13. The molecule has 0 aromatic heterocycles. The molecule has 0 spiro atoms. The van der Waals surface area contributed by atoms with Gasteiger partial charge in [-0.1, -0.05) is 28.1 Å². The lowest BCUT2D eigenvalue weighted by molar-refractivity contribution is 0.0942. The lowest BCUT2D eigenvalue weighted by atomic mass is 10.1. The van der Waals surface area contributed by atoms with Gasteiger partial charge in [0.2, 0.25) is 0 Å². The fourth-order valence-electron chi connectivity index (χ4n) is 1.26. The molecule has 0 aliphatic rings. The van der Waals surface area contributed by atoms with E-state index in [1.807, 2.05) is 19.1 Å². The van der Waals surface area contributed by atoms with Crippen LogP contribution in [0.4, 0.5) is 0 Å². The first-order valence-electron chi connectivity index (χ1n) is 4.88. The Morgan fingerprint density at radius 1 is 1.47 bits per heavy atom. The van der Waals surface area contributed by atoms with Crippen molar-refractivity contribution in [3.63, 3.8) is 0 Å². The van der Waals surface area contributed by atoms with Gasteiger partial charge in [0, 0.05) is 17.6 Å². The van der Waals surface area contributed by atoms with Gasteiger partial charge in [-0.05, 0) is 24.1 Å². The smallest absolute Gasteiger partial charge is 0.0895 e. The maximum Gasteiger partial charge on any atom is 0.0895 e. The molecule has 1 unspecified atom stereocenters. The van der Waals surface area contributed by atoms with Gasteiger partial charge in [-0.15, -0.1) is 0 Å². The maximum atomic E-state index is 9.11. The molecule has 1 atom stereocenters. The van der Waals surface area contributed by atoms with Gasteiger partial charge in [-0.3, -0.25) is 0 Å². The molecule has 0 bridgehead atoms. The van der Waals surface area contributed by atoms with Crippen molar-refractivity contribution in [2.45, 2.75) is 19.6 Å². The van der Waals surface area contributed by atoms with E-state index >= 15 is 0 Å². The molecule has 0 saturated carbocycles. The lowest BCUT2D eigenvalue weighted by Crippen LogP contribution is -2.28. The largest absolute Gasteiger partial charge is 0.394 e. The van der Waals surface area contributed by atoms with Crippen LogP contribution in [0.1, 0.15) is 11.1 Å². The van der Waals surface area contributed by atoms with Crippen LogP contribution < -0.4 is 5.32 Å². The third-order valence-corrected chi connectivity index (χ3v) is 3.03. The van der Waals surface area contributed by atoms with Crippen LogP contribution in [0, 0.1) is 6.92 Å². The summed E-state index contributed by atoms with van der Waals surface area (Å²) >= 11 is 3.44. The Balaban J connectivity index is 2.41. The maximum absolute atomic E-state index is 9.11. The molecule has 1 aromatic rings. The molecule has 0 radical (unpaired) electrons. The molecule has 84 valence electrons. The normalized spacial score (nSPS) is 12.8. The van der Waals surface area contributed by atoms with Crippen LogP contribution in [0.2, 0.25) is 0 Å². The second-order valence-corrected chi connectivity index (χ2v) is 4.41. The van der Waals surface area contributed by atoms with Crippen LogP contribution in [-0.4, -0.2) is 29.5 Å². The van der Waals surface area contributed by atoms with Crippen molar-refractivity contribution in [1.82, 2.24) is 5.32 Å². The van der Waals surface area contributed by atoms with Crippen LogP contribution in [0.15, 0.2) is 22.7 Å². The van der Waals surface area contributed by atoms with E-state index in [1.54, 1.807) is 0 Å². The highest BCUT2D eigenvalue weighted by Crippen LogP contribution is 2.16. The molecule has 0 heterocycles. The van der Waals surface area contributed by atoms with E-state index in [9.17, 15) is 0 Å². The van der Waals surface area contributed by atoms with Gasteiger partial charge in [0.05, 0.1) is 12.7 Å². The topological polar surface area (TPSA) is 52.5 Å². The Hall–Kier alpha value is -0.420.